The Morgan fingerprint density at radius 3 is 2.57 bits per heavy atom. The van der Waals surface area contributed by atoms with E-state index in [9.17, 15) is 9.90 Å². The number of ketones is 1. The van der Waals surface area contributed by atoms with Crippen molar-refractivity contribution in [1.29, 1.82) is 0 Å². The van der Waals surface area contributed by atoms with Crippen molar-refractivity contribution in [3.8, 4) is 5.75 Å². The van der Waals surface area contributed by atoms with E-state index in [1.807, 2.05) is 0 Å². The van der Waals surface area contributed by atoms with Crippen LogP contribution in [-0.2, 0) is 5.33 Å². The number of aromatic hydroxyl groups is 1. The number of phenolic OH excluding ortho intramolecular Hbond substituents is 1. The second-order valence-corrected chi connectivity index (χ2v) is 4.24. The second-order valence-electron chi connectivity index (χ2n) is 2.88. The molecule has 1 N–H and O–H groups in total. The third-order valence-electron chi connectivity index (χ3n) is 1.78. The van der Waals surface area contributed by atoms with E-state index >= 15 is 0 Å². The lowest BCUT2D eigenvalue weighted by molar-refractivity contribution is 0.0989. The summed E-state index contributed by atoms with van der Waals surface area (Å²) in [5, 5.41) is 10.6. The molecular formula is C10H10Br2O2. The summed E-state index contributed by atoms with van der Waals surface area (Å²) in [5.41, 5.74) is 1.47. The van der Waals surface area contributed by atoms with Gasteiger partial charge in [-0.05, 0) is 23.8 Å². The van der Waals surface area contributed by atoms with Gasteiger partial charge in [0.25, 0.3) is 0 Å². The number of phenols is 1. The lowest BCUT2D eigenvalue weighted by atomic mass is 10.1. The first-order valence-electron chi connectivity index (χ1n) is 4.15. The Morgan fingerprint density at radius 2 is 2.00 bits per heavy atom. The minimum atomic E-state index is 0.0416. The summed E-state index contributed by atoms with van der Waals surface area (Å²) < 4.78 is 0. The molecule has 0 radical (unpaired) electrons. The molecule has 76 valence electrons. The van der Waals surface area contributed by atoms with Gasteiger partial charge in [0.05, 0.1) is 0 Å². The third-order valence-corrected chi connectivity index (χ3v) is 2.82. The summed E-state index contributed by atoms with van der Waals surface area (Å²) in [7, 11) is 0. The molecule has 1 aromatic rings. The Hall–Kier alpha value is -0.350. The topological polar surface area (TPSA) is 37.3 Å². The maximum atomic E-state index is 11.5. The van der Waals surface area contributed by atoms with Crippen molar-refractivity contribution >= 4 is 37.6 Å². The van der Waals surface area contributed by atoms with E-state index in [0.717, 1.165) is 5.56 Å². The van der Waals surface area contributed by atoms with E-state index < -0.39 is 0 Å². The molecule has 0 fully saturated rings. The van der Waals surface area contributed by atoms with Gasteiger partial charge in [0.15, 0.2) is 5.78 Å². The van der Waals surface area contributed by atoms with Crippen molar-refractivity contribution in [1.82, 2.24) is 0 Å². The zero-order valence-electron chi connectivity index (χ0n) is 7.46. The van der Waals surface area contributed by atoms with Crippen LogP contribution in [0.4, 0.5) is 0 Å². The van der Waals surface area contributed by atoms with Gasteiger partial charge >= 0.3 is 0 Å². The zero-order chi connectivity index (χ0) is 10.6. The normalized spacial score (nSPS) is 10.1. The average molecular weight is 322 g/mol. The molecule has 0 amide bonds. The first kappa shape index (κ1) is 11.7. The van der Waals surface area contributed by atoms with Crippen molar-refractivity contribution in [2.75, 3.05) is 5.33 Å². The maximum Gasteiger partial charge on any atom is 0.163 e. The molecule has 0 saturated carbocycles. The van der Waals surface area contributed by atoms with Crippen LogP contribution in [0.1, 0.15) is 22.3 Å². The monoisotopic (exact) mass is 320 g/mol. The highest BCUT2D eigenvalue weighted by Crippen LogP contribution is 2.19. The van der Waals surface area contributed by atoms with Crippen LogP contribution in [-0.4, -0.2) is 16.2 Å². The molecule has 0 aromatic heterocycles. The van der Waals surface area contributed by atoms with Gasteiger partial charge in [-0.3, -0.25) is 4.79 Å². The second kappa shape index (κ2) is 5.51. The SMILES string of the molecule is O=C(CCBr)c1cc(O)cc(CBr)c1. The summed E-state index contributed by atoms with van der Waals surface area (Å²) in [4.78, 5) is 11.5. The molecule has 0 atom stereocenters. The Kier molecular flexibility index (Phi) is 4.62. The minimum absolute atomic E-state index is 0.0416. The van der Waals surface area contributed by atoms with Gasteiger partial charge in [0.1, 0.15) is 5.75 Å². The van der Waals surface area contributed by atoms with Gasteiger partial charge in [-0.1, -0.05) is 31.9 Å². The highest BCUT2D eigenvalue weighted by Gasteiger charge is 2.07. The van der Waals surface area contributed by atoms with Crippen LogP contribution in [0.3, 0.4) is 0 Å². The molecule has 1 rings (SSSR count). The summed E-state index contributed by atoms with van der Waals surface area (Å²) in [6.45, 7) is 0. The van der Waals surface area contributed by atoms with Gasteiger partial charge in [-0.25, -0.2) is 0 Å². The van der Waals surface area contributed by atoms with E-state index in [1.165, 1.54) is 6.07 Å². The molecule has 0 aliphatic carbocycles. The molecule has 4 heteroatoms. The first-order chi connectivity index (χ1) is 6.67. The predicted octanol–water partition coefficient (Wildman–Crippen LogP) is 3.25. The highest BCUT2D eigenvalue weighted by atomic mass is 79.9. The molecule has 0 unspecified atom stereocenters. The highest BCUT2D eigenvalue weighted by molar-refractivity contribution is 9.09. The fourth-order valence-corrected chi connectivity index (χ4v) is 1.83. The van der Waals surface area contributed by atoms with Crippen LogP contribution in [0.2, 0.25) is 0 Å². The Bertz CT molecular complexity index is 337. The number of carbonyl (C=O) groups excluding carboxylic acids is 1. The minimum Gasteiger partial charge on any atom is -0.508 e. The Labute approximate surface area is 99.6 Å². The van der Waals surface area contributed by atoms with Gasteiger partial charge in [0.2, 0.25) is 0 Å². The van der Waals surface area contributed by atoms with E-state index in [0.29, 0.717) is 22.6 Å². The van der Waals surface area contributed by atoms with E-state index in [-0.39, 0.29) is 11.5 Å². The predicted molar refractivity (Wildman–Crippen MR) is 63.5 cm³/mol. The summed E-state index contributed by atoms with van der Waals surface area (Å²) >= 11 is 6.49. The van der Waals surface area contributed by atoms with E-state index in [2.05, 4.69) is 31.9 Å². The molecule has 0 bridgehead atoms. The number of hydrogen-bond acceptors (Lipinski definition) is 2. The van der Waals surface area contributed by atoms with Crippen LogP contribution in [0.5, 0.6) is 5.75 Å². The van der Waals surface area contributed by atoms with E-state index in [1.54, 1.807) is 12.1 Å². The quantitative estimate of drug-likeness (QED) is 0.682. The molecule has 0 spiro atoms. The van der Waals surface area contributed by atoms with Gasteiger partial charge < -0.3 is 5.11 Å². The van der Waals surface area contributed by atoms with Crippen molar-refractivity contribution in [2.45, 2.75) is 11.8 Å². The molecule has 0 heterocycles. The smallest absolute Gasteiger partial charge is 0.163 e. The zero-order valence-corrected chi connectivity index (χ0v) is 10.6. The molecule has 0 saturated heterocycles. The first-order valence-corrected chi connectivity index (χ1v) is 6.39. The fourth-order valence-electron chi connectivity index (χ4n) is 1.14. The molecule has 2 nitrogen and oxygen atoms in total. The third kappa shape index (κ3) is 3.10. The molecule has 0 aliphatic rings. The lowest BCUT2D eigenvalue weighted by Gasteiger charge is -2.03. The van der Waals surface area contributed by atoms with Gasteiger partial charge in [-0.2, -0.15) is 0 Å². The summed E-state index contributed by atoms with van der Waals surface area (Å²) in [6, 6.07) is 4.93. The number of carbonyl (C=O) groups is 1. The Morgan fingerprint density at radius 1 is 1.29 bits per heavy atom. The molecule has 0 aliphatic heterocycles. The van der Waals surface area contributed by atoms with E-state index in [4.69, 9.17) is 0 Å². The van der Waals surface area contributed by atoms with Crippen LogP contribution < -0.4 is 0 Å². The Balaban J connectivity index is 2.96. The molecular weight excluding hydrogens is 312 g/mol. The summed E-state index contributed by atoms with van der Waals surface area (Å²) in [5.74, 6) is 0.180. The fraction of sp³-hybridized carbons (Fsp3) is 0.300. The molecule has 1 aromatic carbocycles. The summed E-state index contributed by atoms with van der Waals surface area (Å²) in [6.07, 6.45) is 0.450. The standard InChI is InChI=1S/C10H10Br2O2/c11-2-1-10(14)8-3-7(6-12)4-9(13)5-8/h3-5,13H,1-2,6H2. The number of halogens is 2. The lowest BCUT2D eigenvalue weighted by Crippen LogP contribution is -2.00. The van der Waals surface area contributed by atoms with Gasteiger partial charge in [0, 0.05) is 22.6 Å². The van der Waals surface area contributed by atoms with Crippen molar-refractivity contribution in [3.63, 3.8) is 0 Å². The number of hydrogen-bond donors (Lipinski definition) is 1. The number of alkyl halides is 2. The van der Waals surface area contributed by atoms with Crippen molar-refractivity contribution in [3.05, 3.63) is 29.3 Å². The van der Waals surface area contributed by atoms with Crippen molar-refractivity contribution < 1.29 is 9.90 Å². The average Bonchev–Trinajstić information content (AvgIpc) is 2.17. The number of Topliss-reactive ketones (excluding diaryl/α,β-unsaturated/α-hetero) is 1. The van der Waals surface area contributed by atoms with Crippen molar-refractivity contribution in [2.24, 2.45) is 0 Å². The van der Waals surface area contributed by atoms with Gasteiger partial charge in [-0.15, -0.1) is 0 Å². The van der Waals surface area contributed by atoms with Crippen LogP contribution in [0.15, 0.2) is 18.2 Å². The molecule has 14 heavy (non-hydrogen) atoms. The van der Waals surface area contributed by atoms with Crippen LogP contribution in [0.25, 0.3) is 0 Å². The van der Waals surface area contributed by atoms with Crippen LogP contribution in [0, 0.1) is 0 Å². The van der Waals surface area contributed by atoms with Crippen LogP contribution >= 0.6 is 31.9 Å². The largest absolute Gasteiger partial charge is 0.508 e. The maximum absolute atomic E-state index is 11.5. The number of rotatable bonds is 4. The number of benzene rings is 1.